The number of sulfonamides is 1. The first-order chi connectivity index (χ1) is 14.1. The number of carbonyl (C=O) groups is 1. The van der Waals surface area contributed by atoms with Gasteiger partial charge in [0.1, 0.15) is 6.54 Å². The summed E-state index contributed by atoms with van der Waals surface area (Å²) in [6.07, 6.45) is 0.729. The molecular weight excluding hydrogens is 447 g/mol. The van der Waals surface area contributed by atoms with Crippen LogP contribution in [0.3, 0.4) is 0 Å². The summed E-state index contributed by atoms with van der Waals surface area (Å²) in [6, 6.07) is 10.9. The van der Waals surface area contributed by atoms with Crippen LogP contribution in [-0.4, -0.2) is 40.1 Å². The average Bonchev–Trinajstić information content (AvgIpc) is 2.68. The molecule has 0 unspecified atom stereocenters. The topological polar surface area (TPSA) is 75.7 Å². The molecule has 6 nitrogen and oxygen atoms in total. The Hall–Kier alpha value is -1.80. The largest absolute Gasteiger partial charge is 0.379 e. The molecule has 2 aromatic carbocycles. The van der Waals surface area contributed by atoms with E-state index in [0.29, 0.717) is 24.6 Å². The quantitative estimate of drug-likeness (QED) is 0.518. The van der Waals surface area contributed by atoms with Crippen LogP contribution >= 0.6 is 23.2 Å². The summed E-state index contributed by atoms with van der Waals surface area (Å²) in [6.45, 7) is 6.17. The van der Waals surface area contributed by atoms with E-state index >= 15 is 0 Å². The molecule has 2 aromatic rings. The van der Waals surface area contributed by atoms with Crippen molar-refractivity contribution in [3.8, 4) is 0 Å². The van der Waals surface area contributed by atoms with Gasteiger partial charge in [-0.2, -0.15) is 0 Å². The van der Waals surface area contributed by atoms with Gasteiger partial charge >= 0.3 is 0 Å². The summed E-state index contributed by atoms with van der Waals surface area (Å²) >= 11 is 12.3. The Labute approximate surface area is 188 Å². The normalized spacial score (nSPS) is 11.5. The first kappa shape index (κ1) is 24.5. The van der Waals surface area contributed by atoms with Crippen LogP contribution in [0.2, 0.25) is 10.0 Å². The fourth-order valence-electron chi connectivity index (χ4n) is 2.62. The SMILES string of the molecule is Cc1ccc(S(=O)(=O)N(CC(=O)NCCCOC(C)C)c2cc(Cl)ccc2Cl)cc1. The minimum atomic E-state index is -4.05. The number of nitrogens with one attached hydrogen (secondary N) is 1. The lowest BCUT2D eigenvalue weighted by atomic mass is 10.2. The Balaban J connectivity index is 2.25. The van der Waals surface area contributed by atoms with Crippen molar-refractivity contribution in [2.24, 2.45) is 0 Å². The summed E-state index contributed by atoms with van der Waals surface area (Å²) < 4.78 is 33.1. The molecule has 0 aliphatic rings. The minimum Gasteiger partial charge on any atom is -0.379 e. The van der Waals surface area contributed by atoms with Gasteiger partial charge in [-0.15, -0.1) is 0 Å². The van der Waals surface area contributed by atoms with Crippen LogP contribution in [0.25, 0.3) is 0 Å². The molecule has 0 radical (unpaired) electrons. The van der Waals surface area contributed by atoms with E-state index in [1.165, 1.54) is 24.3 Å². The van der Waals surface area contributed by atoms with Crippen molar-refractivity contribution in [1.29, 1.82) is 0 Å². The van der Waals surface area contributed by atoms with Gasteiger partial charge in [0.25, 0.3) is 10.0 Å². The minimum absolute atomic E-state index is 0.0577. The lowest BCUT2D eigenvalue weighted by Crippen LogP contribution is -2.41. The molecule has 2 rings (SSSR count). The molecule has 0 aliphatic heterocycles. The highest BCUT2D eigenvalue weighted by Gasteiger charge is 2.29. The Bertz CT molecular complexity index is 963. The van der Waals surface area contributed by atoms with Crippen LogP contribution in [0.4, 0.5) is 5.69 Å². The molecule has 164 valence electrons. The van der Waals surface area contributed by atoms with Gasteiger partial charge in [-0.25, -0.2) is 8.42 Å². The van der Waals surface area contributed by atoms with Gasteiger partial charge < -0.3 is 10.1 Å². The third-order valence-corrected chi connectivity index (χ3v) is 6.50. The molecule has 0 saturated carbocycles. The van der Waals surface area contributed by atoms with E-state index in [1.54, 1.807) is 18.2 Å². The fraction of sp³-hybridized carbons (Fsp3) is 0.381. The number of aryl methyl sites for hydroxylation is 1. The lowest BCUT2D eigenvalue weighted by molar-refractivity contribution is -0.119. The Kier molecular flexibility index (Phi) is 8.97. The molecule has 0 saturated heterocycles. The standard InChI is InChI=1S/C21H26Cl2N2O4S/c1-15(2)29-12-4-11-24-21(26)14-25(20-13-17(22)7-10-19(20)23)30(27,28)18-8-5-16(3)6-9-18/h5-10,13,15H,4,11-12,14H2,1-3H3,(H,24,26). The summed E-state index contributed by atoms with van der Waals surface area (Å²) in [7, 11) is -4.05. The maximum Gasteiger partial charge on any atom is 0.264 e. The summed E-state index contributed by atoms with van der Waals surface area (Å²) in [5.74, 6) is -0.453. The number of carbonyl (C=O) groups excluding carboxylic acids is 1. The highest BCUT2D eigenvalue weighted by atomic mass is 35.5. The monoisotopic (exact) mass is 472 g/mol. The highest BCUT2D eigenvalue weighted by Crippen LogP contribution is 2.32. The number of nitrogens with zero attached hydrogens (tertiary/aromatic N) is 1. The highest BCUT2D eigenvalue weighted by molar-refractivity contribution is 7.92. The third-order valence-electron chi connectivity index (χ3n) is 4.17. The lowest BCUT2D eigenvalue weighted by Gasteiger charge is -2.25. The average molecular weight is 473 g/mol. The molecule has 30 heavy (non-hydrogen) atoms. The maximum atomic E-state index is 13.3. The number of rotatable bonds is 10. The number of benzene rings is 2. The first-order valence-electron chi connectivity index (χ1n) is 9.54. The maximum absolute atomic E-state index is 13.3. The van der Waals surface area contributed by atoms with Gasteiger partial charge in [-0.05, 0) is 57.5 Å². The van der Waals surface area contributed by atoms with Crippen molar-refractivity contribution in [3.63, 3.8) is 0 Å². The Morgan fingerprint density at radius 3 is 2.43 bits per heavy atom. The first-order valence-corrected chi connectivity index (χ1v) is 11.7. The van der Waals surface area contributed by atoms with E-state index in [-0.39, 0.29) is 21.7 Å². The molecule has 0 bridgehead atoms. The molecule has 9 heteroatoms. The van der Waals surface area contributed by atoms with Crippen LogP contribution in [0, 0.1) is 6.92 Å². The predicted molar refractivity (Wildman–Crippen MR) is 121 cm³/mol. The predicted octanol–water partition coefficient (Wildman–Crippen LogP) is 4.43. The van der Waals surface area contributed by atoms with Crippen LogP contribution in [0.15, 0.2) is 47.4 Å². The summed E-state index contributed by atoms with van der Waals surface area (Å²) in [5, 5.41) is 3.21. The molecule has 1 N–H and O–H groups in total. The number of hydrogen-bond acceptors (Lipinski definition) is 4. The van der Waals surface area contributed by atoms with Crippen molar-refractivity contribution in [3.05, 3.63) is 58.1 Å². The number of halogens is 2. The number of hydrogen-bond donors (Lipinski definition) is 1. The molecule has 0 atom stereocenters. The van der Waals surface area contributed by atoms with Gasteiger partial charge in [0.15, 0.2) is 0 Å². The smallest absolute Gasteiger partial charge is 0.264 e. The molecule has 0 aliphatic carbocycles. The number of anilines is 1. The van der Waals surface area contributed by atoms with Crippen molar-refractivity contribution in [2.75, 3.05) is 24.0 Å². The van der Waals surface area contributed by atoms with Gasteiger partial charge in [0, 0.05) is 18.2 Å². The van der Waals surface area contributed by atoms with Crippen molar-refractivity contribution >= 4 is 44.8 Å². The van der Waals surface area contributed by atoms with Crippen LogP contribution in [0.5, 0.6) is 0 Å². The van der Waals surface area contributed by atoms with E-state index < -0.39 is 22.5 Å². The van der Waals surface area contributed by atoms with Gasteiger partial charge in [-0.1, -0.05) is 40.9 Å². The zero-order valence-electron chi connectivity index (χ0n) is 17.2. The third kappa shape index (κ3) is 6.87. The van der Waals surface area contributed by atoms with E-state index in [1.807, 2.05) is 20.8 Å². The molecule has 0 spiro atoms. The van der Waals surface area contributed by atoms with Crippen LogP contribution < -0.4 is 9.62 Å². The van der Waals surface area contributed by atoms with E-state index in [2.05, 4.69) is 5.32 Å². The number of ether oxygens (including phenoxy) is 1. The van der Waals surface area contributed by atoms with Crippen molar-refractivity contribution < 1.29 is 17.9 Å². The van der Waals surface area contributed by atoms with Crippen LogP contribution in [0.1, 0.15) is 25.8 Å². The molecular formula is C21H26Cl2N2O4S. The van der Waals surface area contributed by atoms with Crippen LogP contribution in [-0.2, 0) is 19.6 Å². The van der Waals surface area contributed by atoms with E-state index in [4.69, 9.17) is 27.9 Å². The van der Waals surface area contributed by atoms with E-state index in [9.17, 15) is 13.2 Å². The second-order valence-corrected chi connectivity index (χ2v) is 9.75. The number of amides is 1. The molecule has 0 aromatic heterocycles. The van der Waals surface area contributed by atoms with Gasteiger partial charge in [-0.3, -0.25) is 9.10 Å². The zero-order chi connectivity index (χ0) is 22.3. The second-order valence-electron chi connectivity index (χ2n) is 7.04. The Morgan fingerprint density at radius 1 is 1.13 bits per heavy atom. The van der Waals surface area contributed by atoms with Gasteiger partial charge in [0.05, 0.1) is 21.7 Å². The van der Waals surface area contributed by atoms with E-state index in [0.717, 1.165) is 9.87 Å². The Morgan fingerprint density at radius 2 is 1.80 bits per heavy atom. The fourth-order valence-corrected chi connectivity index (χ4v) is 4.49. The zero-order valence-corrected chi connectivity index (χ0v) is 19.5. The molecule has 0 fully saturated rings. The van der Waals surface area contributed by atoms with Gasteiger partial charge in [0.2, 0.25) is 5.91 Å². The molecule has 1 amide bonds. The summed E-state index contributed by atoms with van der Waals surface area (Å²) in [4.78, 5) is 12.6. The van der Waals surface area contributed by atoms with Crippen molar-refractivity contribution in [2.45, 2.75) is 38.2 Å². The van der Waals surface area contributed by atoms with Crippen molar-refractivity contribution in [1.82, 2.24) is 5.32 Å². The molecule has 0 heterocycles. The second kappa shape index (κ2) is 11.0. The summed E-state index contributed by atoms with van der Waals surface area (Å²) in [5.41, 5.74) is 1.06.